The molecule has 0 saturated carbocycles. The highest BCUT2D eigenvalue weighted by Crippen LogP contribution is 2.46. The molecule has 3 fully saturated rings. The maximum absolute atomic E-state index is 13.5. The second kappa shape index (κ2) is 19.4. The van der Waals surface area contributed by atoms with Crippen LogP contribution in [0.1, 0.15) is 126 Å². The number of cyclic esters (lactones) is 1. The van der Waals surface area contributed by atoms with Crippen molar-refractivity contribution in [2.45, 2.75) is 154 Å². The number of carbonyl (C=O) groups excluding carboxylic acids is 6. The van der Waals surface area contributed by atoms with Crippen LogP contribution in [-0.4, -0.2) is 110 Å². The lowest BCUT2D eigenvalue weighted by Crippen LogP contribution is -2.54. The van der Waals surface area contributed by atoms with Gasteiger partial charge >= 0.3 is 12.1 Å². The van der Waals surface area contributed by atoms with E-state index in [1.54, 1.807) is 18.2 Å². The van der Waals surface area contributed by atoms with Gasteiger partial charge in [-0.25, -0.2) is 4.79 Å². The number of piperidine rings is 2. The van der Waals surface area contributed by atoms with Crippen LogP contribution in [-0.2, 0) is 28.3 Å². The fraction of sp³-hybridized carbons (Fsp3) is 0.667. The molecule has 1 aromatic rings. The molecule has 6 aliphatic rings. The number of amides is 5. The van der Waals surface area contributed by atoms with Crippen molar-refractivity contribution >= 4 is 49.7 Å². The van der Waals surface area contributed by atoms with Gasteiger partial charge < -0.3 is 29.4 Å². The van der Waals surface area contributed by atoms with Crippen molar-refractivity contribution in [1.82, 2.24) is 20.4 Å². The fourth-order valence-corrected chi connectivity index (χ4v) is 11.7. The Hall–Kier alpha value is -4.34. The Bertz CT molecular complexity index is 1990. The summed E-state index contributed by atoms with van der Waals surface area (Å²) < 4.78 is 18.8. The van der Waals surface area contributed by atoms with Gasteiger partial charge in [0.05, 0.1) is 23.7 Å². The summed E-state index contributed by atoms with van der Waals surface area (Å²) >= 11 is 0. The molecule has 0 aromatic heterocycles. The number of fused-ring (bicyclic) bond motifs is 2. The largest absolute Gasteiger partial charge is 0.462 e. The first kappa shape index (κ1) is 46.6. The van der Waals surface area contributed by atoms with E-state index in [4.69, 9.17) is 13.9 Å². The maximum Gasteiger partial charge on any atom is 0.407 e. The summed E-state index contributed by atoms with van der Waals surface area (Å²) in [6.45, 7) is 18.7. The van der Waals surface area contributed by atoms with Crippen molar-refractivity contribution in [3.8, 4) is 0 Å². The number of benzene rings is 1. The van der Waals surface area contributed by atoms with Crippen LogP contribution in [0.15, 0.2) is 42.0 Å². The second-order valence-electron chi connectivity index (χ2n) is 20.4. The molecule has 1 unspecified atom stereocenters. The first-order chi connectivity index (χ1) is 29.9. The topological polar surface area (TPSA) is 173 Å². The number of allylic oxidation sites excluding steroid dienone is 3. The third-order valence-electron chi connectivity index (χ3n) is 14.7. The number of carbonyl (C=O) groups is 6. The predicted molar refractivity (Wildman–Crippen MR) is 241 cm³/mol. The molecule has 8 atom stereocenters. The number of nitrogens with zero attached hydrogens (tertiary/aromatic N) is 2. The van der Waals surface area contributed by atoms with E-state index in [0.29, 0.717) is 24.6 Å². The summed E-state index contributed by atoms with van der Waals surface area (Å²) in [7, 11) is -2.04. The van der Waals surface area contributed by atoms with Gasteiger partial charge in [-0.1, -0.05) is 58.9 Å². The van der Waals surface area contributed by atoms with Crippen molar-refractivity contribution in [2.75, 3.05) is 31.5 Å². The molecular weight excluding hydrogens is 819 g/mol. The highest BCUT2D eigenvalue weighted by atomic mass is 28.4. The van der Waals surface area contributed by atoms with Crippen LogP contribution in [0.2, 0.25) is 18.1 Å². The molecule has 3 saturated heterocycles. The Morgan fingerprint density at radius 1 is 0.984 bits per heavy atom. The van der Waals surface area contributed by atoms with E-state index in [-0.39, 0.29) is 83.2 Å². The molecule has 344 valence electrons. The summed E-state index contributed by atoms with van der Waals surface area (Å²) in [4.78, 5) is 80.5. The first-order valence-electron chi connectivity index (χ1n) is 23.4. The van der Waals surface area contributed by atoms with Gasteiger partial charge in [0.15, 0.2) is 8.32 Å². The number of unbranched alkanes of at least 4 members (excludes halogenated alkanes) is 1. The Labute approximate surface area is 373 Å². The number of imide groups is 2. The van der Waals surface area contributed by atoms with E-state index >= 15 is 0 Å². The van der Waals surface area contributed by atoms with E-state index in [1.807, 2.05) is 0 Å². The number of esters is 1. The Kier molecular flexibility index (Phi) is 14.4. The van der Waals surface area contributed by atoms with Crippen LogP contribution in [0.3, 0.4) is 0 Å². The van der Waals surface area contributed by atoms with Crippen molar-refractivity contribution in [2.24, 2.45) is 23.7 Å². The van der Waals surface area contributed by atoms with E-state index in [0.717, 1.165) is 75.9 Å². The molecule has 2 aliphatic carbocycles. The minimum Gasteiger partial charge on any atom is -0.462 e. The predicted octanol–water partition coefficient (Wildman–Crippen LogP) is 7.12. The molecular formula is C48H69N5O9Si. The second-order valence-corrected chi connectivity index (χ2v) is 25.2. The fourth-order valence-electron chi connectivity index (χ4n) is 10.3. The molecule has 3 N–H and O–H groups in total. The summed E-state index contributed by atoms with van der Waals surface area (Å²) in [6.07, 6.45) is 13.0. The van der Waals surface area contributed by atoms with Gasteiger partial charge in [-0.05, 0) is 112 Å². The number of rotatable bonds is 14. The molecule has 14 nitrogen and oxygen atoms in total. The summed E-state index contributed by atoms with van der Waals surface area (Å²) in [5.41, 5.74) is 2.38. The Balaban J connectivity index is 0.839. The average molecular weight is 888 g/mol. The standard InChI is InChI=1S/C48H69N5O9Si/c1-29-25-31-14-13-30(2)35(16-15-33-27-34(28-41(55)60-33)62-63(6,7)48(3,4)5)42(31)39(26-29)61-47(59)49-21-8-9-22-52-23-19-32(20-24-52)50-37-12-10-11-36-43(37)46(58)53(45(36)57)38-17-18-40(54)51-44(38)56/h10-14,25,29-30,32-35,38-39,42,50H,8-9,15-24,26-28H2,1-7H3,(H,49,59)(H,51,54,56)/t29-,30-,33+,34+,35-,38?,39-,42-/m0/s1. The van der Waals surface area contributed by atoms with Crippen LogP contribution >= 0.6 is 0 Å². The normalized spacial score (nSPS) is 29.4. The van der Waals surface area contributed by atoms with Crippen molar-refractivity contribution in [3.63, 3.8) is 0 Å². The molecule has 15 heteroatoms. The highest BCUT2D eigenvalue weighted by Gasteiger charge is 2.47. The van der Waals surface area contributed by atoms with Gasteiger partial charge in [0.2, 0.25) is 11.8 Å². The van der Waals surface area contributed by atoms with Gasteiger partial charge in [-0.15, -0.1) is 0 Å². The van der Waals surface area contributed by atoms with Gasteiger partial charge in [0.25, 0.3) is 11.8 Å². The molecule has 4 aliphatic heterocycles. The molecule has 5 amide bonds. The number of nitrogens with one attached hydrogen (secondary N) is 3. The van der Waals surface area contributed by atoms with E-state index in [1.165, 1.54) is 5.57 Å². The van der Waals surface area contributed by atoms with Gasteiger partial charge in [-0.2, -0.15) is 0 Å². The monoisotopic (exact) mass is 887 g/mol. The van der Waals surface area contributed by atoms with Crippen LogP contribution in [0.5, 0.6) is 0 Å². The lowest BCUT2D eigenvalue weighted by molar-refractivity contribution is -0.160. The molecule has 0 radical (unpaired) electrons. The van der Waals surface area contributed by atoms with E-state index in [2.05, 4.69) is 86.8 Å². The average Bonchev–Trinajstić information content (AvgIpc) is 3.46. The van der Waals surface area contributed by atoms with Crippen molar-refractivity contribution in [1.29, 1.82) is 0 Å². The van der Waals surface area contributed by atoms with E-state index < -0.39 is 38.0 Å². The summed E-state index contributed by atoms with van der Waals surface area (Å²) in [5.74, 6) is -1.30. The van der Waals surface area contributed by atoms with Crippen LogP contribution < -0.4 is 16.0 Å². The zero-order valence-electron chi connectivity index (χ0n) is 38.3. The van der Waals surface area contributed by atoms with Crippen LogP contribution in [0.25, 0.3) is 0 Å². The van der Waals surface area contributed by atoms with Gasteiger partial charge in [0.1, 0.15) is 18.2 Å². The number of ether oxygens (including phenoxy) is 2. The smallest absolute Gasteiger partial charge is 0.407 e. The Morgan fingerprint density at radius 3 is 2.48 bits per heavy atom. The maximum atomic E-state index is 13.5. The third-order valence-corrected chi connectivity index (χ3v) is 19.3. The number of likely N-dealkylation sites (tertiary alicyclic amines) is 1. The number of hydrogen-bond donors (Lipinski definition) is 3. The molecule has 4 heterocycles. The highest BCUT2D eigenvalue weighted by molar-refractivity contribution is 6.74. The first-order valence-corrected chi connectivity index (χ1v) is 26.3. The zero-order valence-corrected chi connectivity index (χ0v) is 39.3. The molecule has 0 bridgehead atoms. The van der Waals surface area contributed by atoms with Crippen molar-refractivity contribution < 1.29 is 42.7 Å². The molecule has 1 aromatic carbocycles. The number of hydrogen-bond acceptors (Lipinski definition) is 11. The number of alkyl carbamates (subject to hydrolysis) is 1. The van der Waals surface area contributed by atoms with Crippen LogP contribution in [0.4, 0.5) is 10.5 Å². The lowest BCUT2D eigenvalue weighted by atomic mass is 9.65. The molecule has 0 spiro atoms. The lowest BCUT2D eigenvalue weighted by Gasteiger charge is -2.44. The minimum atomic E-state index is -2.04. The van der Waals surface area contributed by atoms with Gasteiger partial charge in [0, 0.05) is 50.1 Å². The summed E-state index contributed by atoms with van der Waals surface area (Å²) in [5, 5.41) is 8.84. The minimum absolute atomic E-state index is 0.0603. The SMILES string of the molecule is C[C@H]1C=C2C=C[C@H](C)[C@H](CC[C@@H]3C[C@@H](O[Si](C)(C)C(C)(C)C)CC(=O)O3)[C@H]2[C@@H](OC(=O)NCCCCN2CCC(Nc3cccc4c3C(=O)N(C3CCC(=O)NC3=O)C4=O)CC2)C1. The van der Waals surface area contributed by atoms with E-state index in [9.17, 15) is 28.8 Å². The van der Waals surface area contributed by atoms with Crippen molar-refractivity contribution in [3.05, 3.63) is 53.1 Å². The van der Waals surface area contributed by atoms with Gasteiger partial charge in [-0.3, -0.25) is 34.2 Å². The third kappa shape index (κ3) is 10.8. The number of anilines is 1. The molecule has 63 heavy (non-hydrogen) atoms. The zero-order chi connectivity index (χ0) is 45.2. The summed E-state index contributed by atoms with van der Waals surface area (Å²) in [6, 6.07) is 4.27. The Morgan fingerprint density at radius 2 is 1.75 bits per heavy atom. The van der Waals surface area contributed by atoms with Crippen LogP contribution in [0, 0.1) is 23.7 Å². The molecule has 7 rings (SSSR count). The quantitative estimate of drug-likeness (QED) is 0.0752.